The van der Waals surface area contributed by atoms with Crippen LogP contribution in [-0.2, 0) is 6.42 Å². The summed E-state index contributed by atoms with van der Waals surface area (Å²) in [6, 6.07) is 10.2. The molecule has 1 heterocycles. The molecule has 1 aromatic carbocycles. The summed E-state index contributed by atoms with van der Waals surface area (Å²) in [5, 5.41) is 16.0. The van der Waals surface area contributed by atoms with Crippen molar-refractivity contribution in [3.05, 3.63) is 34.7 Å². The maximum atomic E-state index is 9.08. The molecule has 0 spiro atoms. The van der Waals surface area contributed by atoms with Crippen LogP contribution in [0.4, 0.5) is 16.6 Å². The Kier molecular flexibility index (Phi) is 3.80. The van der Waals surface area contributed by atoms with Crippen molar-refractivity contribution in [2.75, 3.05) is 17.7 Å². The smallest absolute Gasteiger partial charge is 0.185 e. The summed E-state index contributed by atoms with van der Waals surface area (Å²) in [4.78, 5) is 4.93. The second-order valence-corrected chi connectivity index (χ2v) is 4.69. The first-order valence-electron chi connectivity index (χ1n) is 5.72. The molecule has 0 aliphatic carbocycles. The number of para-hydroxylation sites is 1. The molecule has 0 saturated heterocycles. The van der Waals surface area contributed by atoms with Gasteiger partial charge in [0, 0.05) is 12.7 Å². The third-order valence-corrected chi connectivity index (χ3v) is 3.57. The van der Waals surface area contributed by atoms with Gasteiger partial charge in [-0.2, -0.15) is 5.26 Å². The third kappa shape index (κ3) is 2.44. The van der Waals surface area contributed by atoms with Crippen molar-refractivity contribution >= 4 is 28.0 Å². The van der Waals surface area contributed by atoms with Crippen LogP contribution in [0.1, 0.15) is 17.4 Å². The summed E-state index contributed by atoms with van der Waals surface area (Å²) in [6.45, 7) is 2.10. The quantitative estimate of drug-likeness (QED) is 0.882. The minimum Gasteiger partial charge on any atom is -0.364 e. The lowest BCUT2D eigenvalue weighted by molar-refractivity contribution is 1.14. The van der Waals surface area contributed by atoms with E-state index in [-0.39, 0.29) is 0 Å². The maximum absolute atomic E-state index is 9.08. The number of nitrogens with one attached hydrogen (secondary N) is 2. The molecule has 0 bridgehead atoms. The average molecular weight is 258 g/mol. The molecule has 5 heteroatoms. The summed E-state index contributed by atoms with van der Waals surface area (Å²) >= 11 is 1.35. The Morgan fingerprint density at radius 2 is 2.17 bits per heavy atom. The number of benzene rings is 1. The number of hydrogen-bond donors (Lipinski definition) is 2. The predicted molar refractivity (Wildman–Crippen MR) is 75.5 cm³/mol. The van der Waals surface area contributed by atoms with Crippen LogP contribution in [0, 0.1) is 11.3 Å². The number of nitrogens with zero attached hydrogens (tertiary/aromatic N) is 2. The van der Waals surface area contributed by atoms with Crippen LogP contribution in [0.3, 0.4) is 0 Å². The van der Waals surface area contributed by atoms with Gasteiger partial charge in [0.05, 0.1) is 0 Å². The molecule has 0 amide bonds. The van der Waals surface area contributed by atoms with E-state index >= 15 is 0 Å². The number of rotatable bonds is 4. The number of thiazole rings is 1. The fourth-order valence-electron chi connectivity index (χ4n) is 1.67. The van der Waals surface area contributed by atoms with Crippen LogP contribution in [0.5, 0.6) is 0 Å². The van der Waals surface area contributed by atoms with E-state index in [0.29, 0.717) is 10.7 Å². The number of hydrogen-bond acceptors (Lipinski definition) is 5. The molecule has 0 unspecified atom stereocenters. The second kappa shape index (κ2) is 5.52. The molecule has 2 aromatic rings. The van der Waals surface area contributed by atoms with Crippen molar-refractivity contribution in [2.24, 2.45) is 0 Å². The molecule has 2 rings (SSSR count). The third-order valence-electron chi connectivity index (χ3n) is 2.59. The lowest BCUT2D eigenvalue weighted by atomic mass is 10.1. The van der Waals surface area contributed by atoms with E-state index in [9.17, 15) is 0 Å². The Bertz CT molecular complexity index is 583. The number of anilines is 3. The first-order chi connectivity index (χ1) is 8.78. The van der Waals surface area contributed by atoms with E-state index in [2.05, 4.69) is 34.7 Å². The van der Waals surface area contributed by atoms with Crippen LogP contribution >= 0.6 is 11.3 Å². The molecule has 18 heavy (non-hydrogen) atoms. The van der Waals surface area contributed by atoms with Crippen LogP contribution in [0.15, 0.2) is 24.3 Å². The summed E-state index contributed by atoms with van der Waals surface area (Å²) in [7, 11) is 1.80. The highest BCUT2D eigenvalue weighted by Gasteiger charge is 2.11. The van der Waals surface area contributed by atoms with Gasteiger partial charge in [-0.15, -0.1) is 0 Å². The molecule has 4 nitrogen and oxygen atoms in total. The van der Waals surface area contributed by atoms with Crippen LogP contribution < -0.4 is 10.6 Å². The highest BCUT2D eigenvalue weighted by atomic mass is 32.1. The average Bonchev–Trinajstić information content (AvgIpc) is 2.81. The highest BCUT2D eigenvalue weighted by molar-refractivity contribution is 7.16. The van der Waals surface area contributed by atoms with Gasteiger partial charge in [0.15, 0.2) is 15.8 Å². The molecule has 92 valence electrons. The van der Waals surface area contributed by atoms with Crippen molar-refractivity contribution in [3.8, 4) is 6.07 Å². The van der Waals surface area contributed by atoms with Gasteiger partial charge in [0.1, 0.15) is 6.07 Å². The predicted octanol–water partition coefficient (Wildman–Crippen LogP) is 3.36. The Morgan fingerprint density at radius 1 is 1.39 bits per heavy atom. The number of nitriles is 1. The summed E-state index contributed by atoms with van der Waals surface area (Å²) < 4.78 is 0. The summed E-state index contributed by atoms with van der Waals surface area (Å²) in [5.41, 5.74) is 2.21. The van der Waals surface area contributed by atoms with Gasteiger partial charge in [-0.3, -0.25) is 0 Å². The Balaban J connectivity index is 2.34. The lowest BCUT2D eigenvalue weighted by Crippen LogP contribution is -1.97. The Hall–Kier alpha value is -2.06. The first kappa shape index (κ1) is 12.4. The molecule has 0 aliphatic rings. The summed E-state index contributed by atoms with van der Waals surface area (Å²) in [5.74, 6) is 0.618. The van der Waals surface area contributed by atoms with Gasteiger partial charge in [-0.25, -0.2) is 4.98 Å². The van der Waals surface area contributed by atoms with Crippen molar-refractivity contribution < 1.29 is 0 Å². The maximum Gasteiger partial charge on any atom is 0.185 e. The van der Waals surface area contributed by atoms with E-state index in [1.54, 1.807) is 7.05 Å². The SMILES string of the molecule is CCc1ccccc1Nc1nc(NC)sc1C#N. The monoisotopic (exact) mass is 258 g/mol. The van der Waals surface area contributed by atoms with E-state index in [4.69, 9.17) is 5.26 Å². The fourth-order valence-corrected chi connectivity index (χ4v) is 2.34. The minimum atomic E-state index is 0.588. The summed E-state index contributed by atoms with van der Waals surface area (Å²) in [6.07, 6.45) is 0.939. The zero-order valence-corrected chi connectivity index (χ0v) is 11.1. The van der Waals surface area contributed by atoms with E-state index < -0.39 is 0 Å². The zero-order chi connectivity index (χ0) is 13.0. The van der Waals surface area contributed by atoms with Gasteiger partial charge >= 0.3 is 0 Å². The van der Waals surface area contributed by atoms with E-state index in [0.717, 1.165) is 17.2 Å². The topological polar surface area (TPSA) is 60.7 Å². The Morgan fingerprint density at radius 3 is 2.83 bits per heavy atom. The van der Waals surface area contributed by atoms with E-state index in [1.165, 1.54) is 16.9 Å². The van der Waals surface area contributed by atoms with E-state index in [1.807, 2.05) is 18.2 Å². The molecule has 0 fully saturated rings. The zero-order valence-electron chi connectivity index (χ0n) is 10.3. The Labute approximate surface area is 110 Å². The molecular weight excluding hydrogens is 244 g/mol. The fraction of sp³-hybridized carbons (Fsp3) is 0.231. The van der Waals surface area contributed by atoms with Gasteiger partial charge in [0.2, 0.25) is 0 Å². The van der Waals surface area contributed by atoms with Gasteiger partial charge < -0.3 is 10.6 Å². The molecule has 0 radical (unpaired) electrons. The first-order valence-corrected chi connectivity index (χ1v) is 6.53. The molecule has 0 aliphatic heterocycles. The molecule has 2 N–H and O–H groups in total. The van der Waals surface area contributed by atoms with Crippen molar-refractivity contribution in [1.82, 2.24) is 4.98 Å². The molecule has 1 aromatic heterocycles. The van der Waals surface area contributed by atoms with Crippen LogP contribution in [0.25, 0.3) is 0 Å². The minimum absolute atomic E-state index is 0.588. The lowest BCUT2D eigenvalue weighted by Gasteiger charge is -2.08. The van der Waals surface area contributed by atoms with Crippen molar-refractivity contribution in [3.63, 3.8) is 0 Å². The van der Waals surface area contributed by atoms with Crippen LogP contribution in [-0.4, -0.2) is 12.0 Å². The highest BCUT2D eigenvalue weighted by Crippen LogP contribution is 2.29. The molecule has 0 saturated carbocycles. The molecule has 0 atom stereocenters. The standard InChI is InChI=1S/C13H14N4S/c1-3-9-6-4-5-7-10(9)16-12-11(8-14)18-13(15-2)17-12/h4-7,16H,3H2,1-2H3,(H,15,17). The van der Waals surface area contributed by atoms with Gasteiger partial charge in [-0.1, -0.05) is 36.5 Å². The molecular formula is C13H14N4S. The van der Waals surface area contributed by atoms with Crippen LogP contribution in [0.2, 0.25) is 0 Å². The normalized spacial score (nSPS) is 9.83. The second-order valence-electron chi connectivity index (χ2n) is 3.69. The van der Waals surface area contributed by atoms with Gasteiger partial charge in [0.25, 0.3) is 0 Å². The number of aromatic nitrogens is 1. The van der Waals surface area contributed by atoms with Crippen molar-refractivity contribution in [1.29, 1.82) is 5.26 Å². The van der Waals surface area contributed by atoms with Gasteiger partial charge in [-0.05, 0) is 18.1 Å². The number of aryl methyl sites for hydroxylation is 1. The largest absolute Gasteiger partial charge is 0.364 e. The van der Waals surface area contributed by atoms with Crippen molar-refractivity contribution in [2.45, 2.75) is 13.3 Å².